The Morgan fingerprint density at radius 2 is 1.00 bits per heavy atom. The summed E-state index contributed by atoms with van der Waals surface area (Å²) in [6, 6.07) is 0. The van der Waals surface area contributed by atoms with Gasteiger partial charge in [0, 0.05) is 13.0 Å². The molecule has 0 aliphatic heterocycles. The third-order valence-electron chi connectivity index (χ3n) is 2.93. The molecule has 0 radical (unpaired) electrons. The van der Waals surface area contributed by atoms with Crippen LogP contribution in [0.4, 0.5) is 0 Å². The molecule has 0 rings (SSSR count). The molecule has 0 N–H and O–H groups in total. The first-order valence-corrected chi connectivity index (χ1v) is 23.1. The minimum absolute atomic E-state index is 0.105. The van der Waals surface area contributed by atoms with Crippen LogP contribution in [0, 0.1) is 0 Å². The summed E-state index contributed by atoms with van der Waals surface area (Å²) in [7, 11) is -8.55. The largest absolute Gasteiger partial charge is 0.517 e. The van der Waals surface area contributed by atoms with Gasteiger partial charge < -0.3 is 17.7 Å². The zero-order chi connectivity index (χ0) is 21.9. The molecule has 160 valence electrons. The van der Waals surface area contributed by atoms with Crippen LogP contribution in [0.5, 0.6) is 0 Å². The molecule has 0 aromatic rings. The van der Waals surface area contributed by atoms with Crippen molar-refractivity contribution in [3.8, 4) is 0 Å². The van der Waals surface area contributed by atoms with Crippen LogP contribution in [-0.4, -0.2) is 57.4 Å². The topological polar surface area (TPSA) is 71.1 Å². The Balaban J connectivity index is 6.03. The quantitative estimate of drug-likeness (QED) is 0.357. The van der Waals surface area contributed by atoms with E-state index in [0.29, 0.717) is 0 Å². The van der Waals surface area contributed by atoms with Gasteiger partial charge in [0.25, 0.3) is 5.60 Å². The molecule has 0 aliphatic rings. The van der Waals surface area contributed by atoms with Crippen molar-refractivity contribution in [2.45, 2.75) is 90.6 Å². The minimum Gasteiger partial charge on any atom is -0.517 e. The van der Waals surface area contributed by atoms with E-state index in [9.17, 15) is 9.59 Å². The Morgan fingerprint density at radius 1 is 0.630 bits per heavy atom. The number of carbonyl (C=O) groups excluding carboxylic acids is 2. The molecular weight excluding hydrogens is 413 g/mol. The molecule has 6 nitrogen and oxygen atoms in total. The average Bonchev–Trinajstić information content (AvgIpc) is 2.29. The van der Waals surface area contributed by atoms with E-state index in [1.807, 2.05) is 58.9 Å². The monoisotopic (exact) mass is 452 g/mol. The average molecular weight is 453 g/mol. The fraction of sp³-hybridized carbons (Fsp3) is 0.882. The minimum atomic E-state index is -2.28. The van der Waals surface area contributed by atoms with Crippen molar-refractivity contribution in [2.24, 2.45) is 0 Å². The maximum atomic E-state index is 13.2. The Labute approximate surface area is 169 Å². The molecule has 0 spiro atoms. The molecule has 27 heavy (non-hydrogen) atoms. The van der Waals surface area contributed by atoms with Crippen LogP contribution in [0.3, 0.4) is 0 Å². The predicted molar refractivity (Wildman–Crippen MR) is 120 cm³/mol. The Morgan fingerprint density at radius 3 is 1.26 bits per heavy atom. The third-order valence-corrected chi connectivity index (χ3v) is 6.55. The lowest BCUT2D eigenvalue weighted by Gasteiger charge is -2.38. The smallest absolute Gasteiger partial charge is 0.335 e. The van der Waals surface area contributed by atoms with Crippen molar-refractivity contribution >= 4 is 45.2 Å². The molecule has 10 heteroatoms. The molecule has 0 atom stereocenters. The highest BCUT2D eigenvalue weighted by molar-refractivity contribution is 6.73. The fourth-order valence-corrected chi connectivity index (χ4v) is 5.64. The van der Waals surface area contributed by atoms with Gasteiger partial charge in [-0.3, -0.25) is 0 Å². The molecule has 0 amide bonds. The first-order valence-electron chi connectivity index (χ1n) is 9.48. The predicted octanol–water partition coefficient (Wildman–Crippen LogP) is 4.57. The second-order valence-corrected chi connectivity index (χ2v) is 28.6. The molecule has 0 saturated heterocycles. The molecule has 0 bridgehead atoms. The van der Waals surface area contributed by atoms with Crippen molar-refractivity contribution in [3.05, 3.63) is 0 Å². The van der Waals surface area contributed by atoms with E-state index in [0.717, 1.165) is 0 Å². The van der Waals surface area contributed by atoms with Gasteiger partial charge in [-0.2, -0.15) is 0 Å². The van der Waals surface area contributed by atoms with E-state index < -0.39 is 50.8 Å². The highest BCUT2D eigenvalue weighted by Gasteiger charge is 2.54. The lowest BCUT2D eigenvalue weighted by Crippen LogP contribution is -2.59. The van der Waals surface area contributed by atoms with Gasteiger partial charge in [0.1, 0.15) is 0 Å². The van der Waals surface area contributed by atoms with E-state index in [-0.39, 0.29) is 13.0 Å². The van der Waals surface area contributed by atoms with Gasteiger partial charge in [0.05, 0.1) is 0 Å². The molecule has 0 unspecified atom stereocenters. The lowest BCUT2D eigenvalue weighted by atomic mass is 10.0. The van der Waals surface area contributed by atoms with Crippen LogP contribution in [0.2, 0.25) is 78.6 Å². The molecule has 0 heterocycles. The van der Waals surface area contributed by atoms with E-state index >= 15 is 0 Å². The van der Waals surface area contributed by atoms with Gasteiger partial charge in [0.15, 0.2) is 16.6 Å². The van der Waals surface area contributed by atoms with Crippen molar-refractivity contribution in [1.29, 1.82) is 0 Å². The summed E-state index contributed by atoms with van der Waals surface area (Å²) in [6.07, 6.45) is 0.105. The van der Waals surface area contributed by atoms with E-state index in [4.69, 9.17) is 17.7 Å². The number of hydrogen-bond acceptors (Lipinski definition) is 6. The summed E-state index contributed by atoms with van der Waals surface area (Å²) < 4.78 is 23.6. The highest BCUT2D eigenvalue weighted by Crippen LogP contribution is 2.29. The summed E-state index contributed by atoms with van der Waals surface area (Å²) in [5.41, 5.74) is -1.76. The van der Waals surface area contributed by atoms with E-state index in [1.54, 1.807) is 0 Å². The summed E-state index contributed by atoms with van der Waals surface area (Å²) >= 11 is 0. The van der Waals surface area contributed by atoms with Gasteiger partial charge in [-0.1, -0.05) is 0 Å². The van der Waals surface area contributed by atoms with Gasteiger partial charge in [-0.15, -0.1) is 0 Å². The standard InChI is InChI=1S/C17H40O6Si4/c1-24(2,3)20-14-13-17(23-27(10,11)12,15(18)21-25(4,5)6)16(19)22-26(7,8)9/h13-14H2,1-12H3. The van der Waals surface area contributed by atoms with Gasteiger partial charge in [-0.25, -0.2) is 9.59 Å². The first kappa shape index (κ1) is 26.7. The van der Waals surface area contributed by atoms with Crippen LogP contribution >= 0.6 is 0 Å². The summed E-state index contributed by atoms with van der Waals surface area (Å²) in [4.78, 5) is 26.4. The molecule has 0 aromatic carbocycles. The van der Waals surface area contributed by atoms with E-state index in [1.165, 1.54) is 0 Å². The summed E-state index contributed by atoms with van der Waals surface area (Å²) in [5, 5.41) is 0. The SMILES string of the molecule is C[Si](C)(C)OCCC(O[Si](C)(C)C)(C(=O)O[Si](C)(C)C)C(=O)O[Si](C)(C)C. The Bertz CT molecular complexity index is 496. The van der Waals surface area contributed by atoms with Crippen molar-refractivity contribution < 1.29 is 27.3 Å². The maximum absolute atomic E-state index is 13.2. The molecular formula is C17H40O6Si4. The lowest BCUT2D eigenvalue weighted by molar-refractivity contribution is -0.172. The highest BCUT2D eigenvalue weighted by atomic mass is 28.4. The van der Waals surface area contributed by atoms with Crippen LogP contribution in [0.1, 0.15) is 6.42 Å². The molecule has 0 fully saturated rings. The second kappa shape index (κ2) is 9.03. The Hall–Kier alpha value is -0.272. The number of rotatable bonds is 10. The maximum Gasteiger partial charge on any atom is 0.335 e. The normalized spacial score (nSPS) is 14.1. The van der Waals surface area contributed by atoms with Gasteiger partial charge in [-0.05, 0) is 78.6 Å². The van der Waals surface area contributed by atoms with Crippen LogP contribution in [0.15, 0.2) is 0 Å². The van der Waals surface area contributed by atoms with Gasteiger partial charge >= 0.3 is 11.9 Å². The number of carbonyl (C=O) groups is 2. The zero-order valence-electron chi connectivity index (χ0n) is 19.4. The van der Waals surface area contributed by atoms with Crippen molar-refractivity contribution in [2.75, 3.05) is 6.61 Å². The van der Waals surface area contributed by atoms with E-state index in [2.05, 4.69) is 19.6 Å². The van der Waals surface area contributed by atoms with Crippen molar-refractivity contribution in [3.63, 3.8) is 0 Å². The number of hydrogen-bond donors (Lipinski definition) is 0. The van der Waals surface area contributed by atoms with Crippen LogP contribution in [0.25, 0.3) is 0 Å². The van der Waals surface area contributed by atoms with Crippen LogP contribution < -0.4 is 0 Å². The van der Waals surface area contributed by atoms with Crippen molar-refractivity contribution in [1.82, 2.24) is 0 Å². The zero-order valence-corrected chi connectivity index (χ0v) is 23.4. The van der Waals surface area contributed by atoms with Crippen LogP contribution in [-0.2, 0) is 27.3 Å². The molecule has 0 aromatic heterocycles. The third kappa shape index (κ3) is 11.3. The van der Waals surface area contributed by atoms with Gasteiger partial charge in [0.2, 0.25) is 16.6 Å². The molecule has 0 saturated carbocycles. The fourth-order valence-electron chi connectivity index (χ4n) is 2.17. The second-order valence-electron chi connectivity index (χ2n) is 10.8. The summed E-state index contributed by atoms with van der Waals surface area (Å²) in [5.74, 6) is -1.27. The molecule has 0 aliphatic carbocycles. The Kier molecular flexibility index (Phi) is 8.94. The first-order chi connectivity index (χ1) is 11.7. The summed E-state index contributed by atoms with van der Waals surface area (Å²) in [6.45, 7) is 23.7.